The number of ether oxygens (including phenoxy) is 3. The van der Waals surface area contributed by atoms with Crippen molar-refractivity contribution in [3.05, 3.63) is 23.8 Å². The number of amides is 1. The number of allylic oxidation sites excluding steroid dienone is 3. The Balaban J connectivity index is 2.09. The summed E-state index contributed by atoms with van der Waals surface area (Å²) in [6, 6.07) is 0. The standard InChI is InChI=1S/C31H53NO8/c1-8-24(34)22(6)29-25(38-29)17-19(3)11-10-12-20(4)28-21(5)13-14-26(39-30(36)32-9-2)31(7,37)16-15-23(33)18-27(35)40-28/h10-12,19,21-26,28-29,33-34,37H,8-9,13-18H2,1-7H3,(H,32,36)/b11-10+,20-12+/t19-,21+,22-,23-,24+,25-,26+,28-,29-,31-/m1/s1. The minimum atomic E-state index is -1.36. The molecule has 0 aromatic rings. The first kappa shape index (κ1) is 34.3. The average molecular weight is 568 g/mol. The van der Waals surface area contributed by atoms with Gasteiger partial charge in [0, 0.05) is 12.5 Å². The van der Waals surface area contributed by atoms with Crippen molar-refractivity contribution in [3.8, 4) is 0 Å². The molecule has 0 aromatic carbocycles. The molecule has 9 nitrogen and oxygen atoms in total. The Labute approximate surface area is 240 Å². The molecular formula is C31H53NO8. The smallest absolute Gasteiger partial charge is 0.407 e. The lowest BCUT2D eigenvalue weighted by atomic mass is 9.85. The van der Waals surface area contributed by atoms with Gasteiger partial charge in [-0.15, -0.1) is 0 Å². The lowest BCUT2D eigenvalue weighted by Gasteiger charge is -2.35. The summed E-state index contributed by atoms with van der Waals surface area (Å²) in [6.07, 6.45) is 5.77. The van der Waals surface area contributed by atoms with Gasteiger partial charge in [0.25, 0.3) is 0 Å². The van der Waals surface area contributed by atoms with Gasteiger partial charge in [0.1, 0.15) is 12.2 Å². The van der Waals surface area contributed by atoms with Crippen LogP contribution in [0.25, 0.3) is 0 Å². The number of alkyl carbamates (subject to hydrolysis) is 1. The highest BCUT2D eigenvalue weighted by Gasteiger charge is 2.45. The summed E-state index contributed by atoms with van der Waals surface area (Å²) in [5.74, 6) is -0.208. The van der Waals surface area contributed by atoms with Crippen LogP contribution in [0.15, 0.2) is 23.8 Å². The fourth-order valence-electron chi connectivity index (χ4n) is 5.48. The quantitative estimate of drug-likeness (QED) is 0.173. The Morgan fingerprint density at radius 1 is 1.25 bits per heavy atom. The fourth-order valence-corrected chi connectivity index (χ4v) is 5.48. The molecule has 230 valence electrons. The molecule has 0 unspecified atom stereocenters. The third-order valence-corrected chi connectivity index (χ3v) is 8.33. The predicted molar refractivity (Wildman–Crippen MR) is 154 cm³/mol. The van der Waals surface area contributed by atoms with E-state index >= 15 is 0 Å². The highest BCUT2D eigenvalue weighted by molar-refractivity contribution is 5.70. The molecule has 2 aliphatic rings. The highest BCUT2D eigenvalue weighted by atomic mass is 16.6. The third kappa shape index (κ3) is 10.8. The van der Waals surface area contributed by atoms with Gasteiger partial charge < -0.3 is 34.8 Å². The molecule has 0 bridgehead atoms. The zero-order valence-corrected chi connectivity index (χ0v) is 25.5. The molecule has 0 spiro atoms. The third-order valence-electron chi connectivity index (χ3n) is 8.33. The normalized spacial score (nSPS) is 34.6. The Morgan fingerprint density at radius 2 is 1.95 bits per heavy atom. The van der Waals surface area contributed by atoms with Crippen molar-refractivity contribution < 1.29 is 39.1 Å². The lowest BCUT2D eigenvalue weighted by molar-refractivity contribution is -0.153. The van der Waals surface area contributed by atoms with Crippen LogP contribution in [0.2, 0.25) is 0 Å². The summed E-state index contributed by atoms with van der Waals surface area (Å²) in [5.41, 5.74) is -0.491. The van der Waals surface area contributed by atoms with Crippen molar-refractivity contribution in [1.82, 2.24) is 5.32 Å². The first-order valence-corrected chi connectivity index (χ1v) is 15.0. The molecule has 9 heteroatoms. The Morgan fingerprint density at radius 3 is 2.60 bits per heavy atom. The van der Waals surface area contributed by atoms with Gasteiger partial charge in [0.15, 0.2) is 0 Å². The molecule has 0 saturated carbocycles. The van der Waals surface area contributed by atoms with Crippen LogP contribution in [0, 0.1) is 17.8 Å². The molecule has 40 heavy (non-hydrogen) atoms. The van der Waals surface area contributed by atoms with E-state index in [2.05, 4.69) is 18.3 Å². The summed E-state index contributed by atoms with van der Waals surface area (Å²) in [6.45, 7) is 13.8. The van der Waals surface area contributed by atoms with Gasteiger partial charge in [-0.3, -0.25) is 4.79 Å². The maximum atomic E-state index is 12.7. The number of aliphatic hydroxyl groups excluding tert-OH is 2. The molecule has 10 atom stereocenters. The van der Waals surface area contributed by atoms with E-state index in [1.165, 1.54) is 0 Å². The van der Waals surface area contributed by atoms with E-state index in [-0.39, 0.29) is 55.3 Å². The first-order chi connectivity index (χ1) is 18.8. The van der Waals surface area contributed by atoms with Crippen LogP contribution in [0.4, 0.5) is 4.79 Å². The number of carbonyl (C=O) groups is 2. The molecule has 2 saturated heterocycles. The van der Waals surface area contributed by atoms with Crippen molar-refractivity contribution in [1.29, 1.82) is 0 Å². The van der Waals surface area contributed by atoms with Crippen LogP contribution < -0.4 is 5.32 Å². The number of hydrogen-bond donors (Lipinski definition) is 4. The summed E-state index contributed by atoms with van der Waals surface area (Å²) >= 11 is 0. The van der Waals surface area contributed by atoms with Crippen LogP contribution in [0.5, 0.6) is 0 Å². The number of esters is 1. The monoisotopic (exact) mass is 567 g/mol. The number of cyclic esters (lactones) is 1. The molecule has 4 N–H and O–H groups in total. The van der Waals surface area contributed by atoms with Crippen molar-refractivity contribution in [3.63, 3.8) is 0 Å². The second kappa shape index (κ2) is 15.9. The van der Waals surface area contributed by atoms with Crippen molar-refractivity contribution >= 4 is 12.1 Å². The van der Waals surface area contributed by atoms with Gasteiger partial charge in [-0.2, -0.15) is 0 Å². The van der Waals surface area contributed by atoms with Crippen molar-refractivity contribution in [2.45, 2.75) is 136 Å². The van der Waals surface area contributed by atoms with Crippen molar-refractivity contribution in [2.24, 2.45) is 17.8 Å². The molecule has 0 aliphatic carbocycles. The van der Waals surface area contributed by atoms with Crippen LogP contribution in [0.1, 0.15) is 93.4 Å². The number of rotatable bonds is 10. The zero-order chi connectivity index (χ0) is 30.0. The number of epoxide rings is 1. The summed E-state index contributed by atoms with van der Waals surface area (Å²) in [5, 5.41) is 34.2. The Bertz CT molecular complexity index is 871. The molecule has 2 aliphatic heterocycles. The first-order valence-electron chi connectivity index (χ1n) is 15.0. The van der Waals surface area contributed by atoms with Gasteiger partial charge in [-0.05, 0) is 76.7 Å². The number of aliphatic hydroxyl groups is 3. The van der Waals surface area contributed by atoms with E-state index in [0.29, 0.717) is 19.4 Å². The van der Waals surface area contributed by atoms with E-state index < -0.39 is 36.0 Å². The number of carbonyl (C=O) groups excluding carboxylic acids is 2. The van der Waals surface area contributed by atoms with Gasteiger partial charge in [0.2, 0.25) is 0 Å². The van der Waals surface area contributed by atoms with Crippen LogP contribution in [-0.4, -0.2) is 76.2 Å². The van der Waals surface area contributed by atoms with Gasteiger partial charge >= 0.3 is 12.1 Å². The highest BCUT2D eigenvalue weighted by Crippen LogP contribution is 2.36. The fraction of sp³-hybridized carbons (Fsp3) is 0.806. The summed E-state index contributed by atoms with van der Waals surface area (Å²) in [4.78, 5) is 24.9. The summed E-state index contributed by atoms with van der Waals surface area (Å²) in [7, 11) is 0. The zero-order valence-electron chi connectivity index (χ0n) is 25.5. The Hall–Kier alpha value is -1.94. The Kier molecular flexibility index (Phi) is 13.6. The molecular weight excluding hydrogens is 514 g/mol. The van der Waals surface area contributed by atoms with E-state index in [0.717, 1.165) is 18.4 Å². The van der Waals surface area contributed by atoms with Gasteiger partial charge in [-0.1, -0.05) is 45.9 Å². The molecule has 2 fully saturated rings. The van der Waals surface area contributed by atoms with Crippen molar-refractivity contribution in [2.75, 3.05) is 6.54 Å². The molecule has 2 rings (SSSR count). The second-order valence-electron chi connectivity index (χ2n) is 12.1. The molecule has 0 aromatic heterocycles. The number of hydrogen-bond acceptors (Lipinski definition) is 8. The minimum absolute atomic E-state index is 0.108. The van der Waals surface area contributed by atoms with E-state index in [4.69, 9.17) is 14.2 Å². The predicted octanol–water partition coefficient (Wildman–Crippen LogP) is 4.43. The lowest BCUT2D eigenvalue weighted by Crippen LogP contribution is -2.45. The largest absolute Gasteiger partial charge is 0.457 e. The van der Waals surface area contributed by atoms with E-state index in [9.17, 15) is 24.9 Å². The molecule has 1 amide bonds. The average Bonchev–Trinajstić information content (AvgIpc) is 3.65. The molecule has 2 heterocycles. The maximum absolute atomic E-state index is 12.7. The molecule has 0 radical (unpaired) electrons. The topological polar surface area (TPSA) is 138 Å². The SMILES string of the molecule is CCNC(=O)O[C@H]1CC[C@H](C)[C@@H](/C(C)=C/C=C/[C@@H](C)C[C@H]2O[C@@H]2[C@H](C)[C@@H](O)CC)OC(=O)C[C@H](O)CC[C@@]1(C)O. The van der Waals surface area contributed by atoms with E-state index in [1.54, 1.807) is 13.8 Å². The van der Waals surface area contributed by atoms with Crippen LogP contribution >= 0.6 is 0 Å². The maximum Gasteiger partial charge on any atom is 0.407 e. The van der Waals surface area contributed by atoms with Gasteiger partial charge in [-0.25, -0.2) is 4.79 Å². The minimum Gasteiger partial charge on any atom is -0.457 e. The van der Waals surface area contributed by atoms with Crippen LogP contribution in [-0.2, 0) is 19.0 Å². The number of nitrogens with one attached hydrogen (secondary N) is 1. The second-order valence-corrected chi connectivity index (χ2v) is 12.1. The summed E-state index contributed by atoms with van der Waals surface area (Å²) < 4.78 is 17.3. The van der Waals surface area contributed by atoms with Gasteiger partial charge in [0.05, 0.1) is 36.4 Å². The van der Waals surface area contributed by atoms with Crippen LogP contribution in [0.3, 0.4) is 0 Å². The van der Waals surface area contributed by atoms with E-state index in [1.807, 2.05) is 39.8 Å².